The van der Waals surface area contributed by atoms with E-state index in [2.05, 4.69) is 31.1 Å². The van der Waals surface area contributed by atoms with Crippen LogP contribution >= 0.6 is 0 Å². The van der Waals surface area contributed by atoms with Crippen LogP contribution in [0.25, 0.3) is 0 Å². The Labute approximate surface area is 115 Å². The third kappa shape index (κ3) is 4.62. The highest BCUT2D eigenvalue weighted by Gasteiger charge is 2.26. The highest BCUT2D eigenvalue weighted by atomic mass is 16.5. The van der Waals surface area contributed by atoms with Gasteiger partial charge < -0.3 is 14.5 Å². The summed E-state index contributed by atoms with van der Waals surface area (Å²) in [4.78, 5) is 4.37. The van der Waals surface area contributed by atoms with E-state index >= 15 is 0 Å². The minimum absolute atomic E-state index is 0.346. The predicted octanol–water partition coefficient (Wildman–Crippen LogP) is 2.75. The summed E-state index contributed by atoms with van der Waals surface area (Å²) in [6, 6.07) is 0. The fourth-order valence-electron chi connectivity index (χ4n) is 2.40. The lowest BCUT2D eigenvalue weighted by atomic mass is 10.0. The molecule has 1 N–H and O–H groups in total. The number of hydrogen-bond donors (Lipinski definition) is 1. The minimum Gasteiger partial charge on any atom is -0.445 e. The van der Waals surface area contributed by atoms with Gasteiger partial charge in [0, 0.05) is 12.3 Å². The van der Waals surface area contributed by atoms with Gasteiger partial charge in [-0.05, 0) is 38.8 Å². The number of rotatable bonds is 7. The number of aromatic nitrogens is 1. The largest absolute Gasteiger partial charge is 0.445 e. The Morgan fingerprint density at radius 3 is 3.00 bits per heavy atom. The van der Waals surface area contributed by atoms with Crippen LogP contribution in [0.5, 0.6) is 0 Å². The van der Waals surface area contributed by atoms with E-state index in [9.17, 15) is 0 Å². The molecule has 1 aromatic rings. The van der Waals surface area contributed by atoms with Crippen LogP contribution in [0.2, 0.25) is 0 Å². The standard InChI is InChI=1S/C15H26N2O2/c1-11(2)8-16-6-4-5-15-17-9-14(19-15)13-7-12(3)18-10-13/h9,11-13,16H,4-8,10H2,1-3H3. The molecule has 1 aliphatic heterocycles. The molecule has 0 aliphatic carbocycles. The van der Waals surface area contributed by atoms with Crippen molar-refractivity contribution in [3.63, 3.8) is 0 Å². The van der Waals surface area contributed by atoms with Crippen molar-refractivity contribution in [3.8, 4) is 0 Å². The zero-order chi connectivity index (χ0) is 13.7. The van der Waals surface area contributed by atoms with E-state index in [1.54, 1.807) is 0 Å². The summed E-state index contributed by atoms with van der Waals surface area (Å²) >= 11 is 0. The molecule has 0 spiro atoms. The molecule has 2 heterocycles. The Hall–Kier alpha value is -0.870. The summed E-state index contributed by atoms with van der Waals surface area (Å²) in [6.45, 7) is 9.42. The first-order chi connectivity index (χ1) is 9.15. The number of oxazole rings is 1. The Morgan fingerprint density at radius 2 is 2.32 bits per heavy atom. The van der Waals surface area contributed by atoms with E-state index < -0.39 is 0 Å². The van der Waals surface area contributed by atoms with Crippen molar-refractivity contribution >= 4 is 0 Å². The number of hydrogen-bond acceptors (Lipinski definition) is 4. The van der Waals surface area contributed by atoms with Crippen molar-refractivity contribution in [3.05, 3.63) is 17.8 Å². The van der Waals surface area contributed by atoms with Gasteiger partial charge in [-0.25, -0.2) is 4.98 Å². The maximum atomic E-state index is 5.82. The molecule has 1 fully saturated rings. The van der Waals surface area contributed by atoms with E-state index in [1.165, 1.54) is 0 Å². The van der Waals surface area contributed by atoms with Gasteiger partial charge in [0.05, 0.1) is 18.9 Å². The third-order valence-corrected chi connectivity index (χ3v) is 3.47. The van der Waals surface area contributed by atoms with Crippen LogP contribution in [0.15, 0.2) is 10.6 Å². The van der Waals surface area contributed by atoms with Crippen LogP contribution in [0.3, 0.4) is 0 Å². The third-order valence-electron chi connectivity index (χ3n) is 3.47. The molecule has 1 saturated heterocycles. The van der Waals surface area contributed by atoms with E-state index in [-0.39, 0.29) is 0 Å². The zero-order valence-corrected chi connectivity index (χ0v) is 12.3. The first kappa shape index (κ1) is 14.5. The Morgan fingerprint density at radius 1 is 1.47 bits per heavy atom. The lowest BCUT2D eigenvalue weighted by Crippen LogP contribution is -2.21. The Bertz CT molecular complexity index is 376. The molecule has 108 valence electrons. The summed E-state index contributed by atoms with van der Waals surface area (Å²) < 4.78 is 11.4. The van der Waals surface area contributed by atoms with Gasteiger partial charge in [-0.15, -0.1) is 0 Å². The van der Waals surface area contributed by atoms with Gasteiger partial charge in [0.1, 0.15) is 5.76 Å². The zero-order valence-electron chi connectivity index (χ0n) is 12.3. The summed E-state index contributed by atoms with van der Waals surface area (Å²) in [5, 5.41) is 3.43. The van der Waals surface area contributed by atoms with Crippen molar-refractivity contribution < 1.29 is 9.15 Å². The number of nitrogens with zero attached hydrogens (tertiary/aromatic N) is 1. The first-order valence-electron chi connectivity index (χ1n) is 7.42. The van der Waals surface area contributed by atoms with Crippen molar-refractivity contribution in [2.45, 2.75) is 52.1 Å². The predicted molar refractivity (Wildman–Crippen MR) is 75.3 cm³/mol. The Balaban J connectivity index is 1.69. The molecule has 19 heavy (non-hydrogen) atoms. The van der Waals surface area contributed by atoms with Gasteiger partial charge in [0.25, 0.3) is 0 Å². The minimum atomic E-state index is 0.346. The summed E-state index contributed by atoms with van der Waals surface area (Å²) in [6.07, 6.45) is 5.25. The molecule has 0 aromatic carbocycles. The topological polar surface area (TPSA) is 47.3 Å². The summed E-state index contributed by atoms with van der Waals surface area (Å²) in [7, 11) is 0. The number of aryl methyl sites for hydroxylation is 1. The van der Waals surface area contributed by atoms with Crippen molar-refractivity contribution in [2.75, 3.05) is 19.7 Å². The van der Waals surface area contributed by atoms with Gasteiger partial charge in [0.15, 0.2) is 5.89 Å². The van der Waals surface area contributed by atoms with Crippen LogP contribution in [0, 0.1) is 5.92 Å². The van der Waals surface area contributed by atoms with Gasteiger partial charge in [-0.1, -0.05) is 13.8 Å². The molecule has 1 aliphatic rings. The van der Waals surface area contributed by atoms with E-state index in [0.29, 0.717) is 17.9 Å². The molecule has 0 bridgehead atoms. The maximum absolute atomic E-state index is 5.82. The molecular weight excluding hydrogens is 240 g/mol. The second-order valence-electron chi connectivity index (χ2n) is 5.93. The quantitative estimate of drug-likeness (QED) is 0.771. The second-order valence-corrected chi connectivity index (χ2v) is 5.93. The second kappa shape index (κ2) is 7.06. The van der Waals surface area contributed by atoms with Gasteiger partial charge >= 0.3 is 0 Å². The SMILES string of the molecule is CC(C)CNCCCc1ncc(C2COC(C)C2)o1. The molecule has 2 atom stereocenters. The molecule has 0 radical (unpaired) electrons. The average Bonchev–Trinajstić information content (AvgIpc) is 2.97. The fraction of sp³-hybridized carbons (Fsp3) is 0.800. The van der Waals surface area contributed by atoms with Gasteiger partial charge in [0.2, 0.25) is 0 Å². The number of nitrogens with one attached hydrogen (secondary N) is 1. The molecule has 0 amide bonds. The van der Waals surface area contributed by atoms with E-state index in [4.69, 9.17) is 9.15 Å². The summed E-state index contributed by atoms with van der Waals surface area (Å²) in [5.41, 5.74) is 0. The van der Waals surface area contributed by atoms with E-state index in [0.717, 1.165) is 50.6 Å². The average molecular weight is 266 g/mol. The van der Waals surface area contributed by atoms with Crippen LogP contribution in [-0.4, -0.2) is 30.8 Å². The first-order valence-corrected chi connectivity index (χ1v) is 7.42. The smallest absolute Gasteiger partial charge is 0.194 e. The number of ether oxygens (including phenoxy) is 1. The fourth-order valence-corrected chi connectivity index (χ4v) is 2.40. The van der Waals surface area contributed by atoms with Crippen LogP contribution in [-0.2, 0) is 11.2 Å². The van der Waals surface area contributed by atoms with Crippen molar-refractivity contribution in [2.24, 2.45) is 5.92 Å². The highest BCUT2D eigenvalue weighted by molar-refractivity contribution is 5.04. The monoisotopic (exact) mass is 266 g/mol. The molecule has 4 heteroatoms. The molecule has 2 unspecified atom stereocenters. The maximum Gasteiger partial charge on any atom is 0.194 e. The molecular formula is C15H26N2O2. The lowest BCUT2D eigenvalue weighted by molar-refractivity contribution is 0.122. The molecule has 0 saturated carbocycles. The Kier molecular flexibility index (Phi) is 5.40. The molecule has 2 rings (SSSR count). The molecule has 1 aromatic heterocycles. The van der Waals surface area contributed by atoms with Crippen LogP contribution in [0.1, 0.15) is 51.2 Å². The van der Waals surface area contributed by atoms with Crippen molar-refractivity contribution in [1.29, 1.82) is 0 Å². The lowest BCUT2D eigenvalue weighted by Gasteiger charge is -2.06. The summed E-state index contributed by atoms with van der Waals surface area (Å²) in [5.74, 6) is 2.96. The highest BCUT2D eigenvalue weighted by Crippen LogP contribution is 2.29. The van der Waals surface area contributed by atoms with Crippen LogP contribution in [0.4, 0.5) is 0 Å². The van der Waals surface area contributed by atoms with Gasteiger partial charge in [-0.2, -0.15) is 0 Å². The normalized spacial score (nSPS) is 23.4. The van der Waals surface area contributed by atoms with Crippen LogP contribution < -0.4 is 5.32 Å². The van der Waals surface area contributed by atoms with Crippen molar-refractivity contribution in [1.82, 2.24) is 10.3 Å². The van der Waals surface area contributed by atoms with Gasteiger partial charge in [-0.3, -0.25) is 0 Å². The van der Waals surface area contributed by atoms with E-state index in [1.807, 2.05) is 6.20 Å². The molecule has 4 nitrogen and oxygen atoms in total.